The van der Waals surface area contributed by atoms with Gasteiger partial charge in [-0.05, 0) is 62.9 Å². The van der Waals surface area contributed by atoms with E-state index in [1.165, 1.54) is 6.42 Å². The first-order valence-corrected chi connectivity index (χ1v) is 12.2. The fourth-order valence-electron chi connectivity index (χ4n) is 4.70. The summed E-state index contributed by atoms with van der Waals surface area (Å²) >= 11 is 0. The molecule has 0 bridgehead atoms. The number of amides is 1. The molecule has 3 aromatic carbocycles. The van der Waals surface area contributed by atoms with Gasteiger partial charge >= 0.3 is 6.09 Å². The highest BCUT2D eigenvalue weighted by molar-refractivity contribution is 6.01. The molecule has 1 aliphatic carbocycles. The summed E-state index contributed by atoms with van der Waals surface area (Å²) in [5, 5.41) is 3.87. The molecular weight excluding hydrogens is 438 g/mol. The highest BCUT2D eigenvalue weighted by Crippen LogP contribution is 2.44. The summed E-state index contributed by atoms with van der Waals surface area (Å²) in [5.41, 5.74) is 12.2. The summed E-state index contributed by atoms with van der Waals surface area (Å²) in [7, 11) is 0. The first kappa shape index (κ1) is 22.8. The number of nitrogen functional groups attached to an aromatic ring is 1. The summed E-state index contributed by atoms with van der Waals surface area (Å²) in [6.45, 7) is 4.47. The maximum absolute atomic E-state index is 12.4. The van der Waals surface area contributed by atoms with E-state index in [0.717, 1.165) is 52.0 Å². The van der Waals surface area contributed by atoms with Crippen LogP contribution in [0.1, 0.15) is 50.8 Å². The summed E-state index contributed by atoms with van der Waals surface area (Å²) in [6.07, 6.45) is 2.68. The molecule has 1 aromatic heterocycles. The number of carbonyl (C=O) groups is 1. The average molecular weight is 470 g/mol. The highest BCUT2D eigenvalue weighted by atomic mass is 16.6. The molecule has 0 aliphatic heterocycles. The minimum absolute atomic E-state index is 0.338. The van der Waals surface area contributed by atoms with Gasteiger partial charge in [0.05, 0.1) is 23.5 Å². The summed E-state index contributed by atoms with van der Waals surface area (Å²) < 4.78 is 13.7. The number of ether oxygens (including phenoxy) is 2. The van der Waals surface area contributed by atoms with Crippen molar-refractivity contribution in [2.24, 2.45) is 0 Å². The van der Waals surface area contributed by atoms with Gasteiger partial charge in [0.15, 0.2) is 0 Å². The lowest BCUT2D eigenvalue weighted by atomic mass is 9.92. The Morgan fingerprint density at radius 1 is 1.09 bits per heavy atom. The molecule has 180 valence electrons. The number of carbonyl (C=O) groups excluding carboxylic acids is 1. The van der Waals surface area contributed by atoms with Gasteiger partial charge < -0.3 is 19.8 Å². The average Bonchev–Trinajstić information content (AvgIpc) is 3.10. The van der Waals surface area contributed by atoms with E-state index in [2.05, 4.69) is 16.0 Å². The fourth-order valence-corrected chi connectivity index (χ4v) is 4.70. The minimum atomic E-state index is -0.486. The Labute approximate surface area is 205 Å². The van der Waals surface area contributed by atoms with Gasteiger partial charge in [-0.1, -0.05) is 42.5 Å². The molecule has 1 unspecified atom stereocenters. The van der Waals surface area contributed by atoms with E-state index < -0.39 is 6.09 Å². The second-order valence-electron chi connectivity index (χ2n) is 8.99. The van der Waals surface area contributed by atoms with Crippen LogP contribution in [0.4, 0.5) is 16.2 Å². The van der Waals surface area contributed by atoms with Gasteiger partial charge in [-0.25, -0.2) is 4.79 Å². The Kier molecular flexibility index (Phi) is 6.36. The van der Waals surface area contributed by atoms with Gasteiger partial charge in [-0.2, -0.15) is 0 Å². The van der Waals surface area contributed by atoms with Gasteiger partial charge in [0.1, 0.15) is 11.9 Å². The molecule has 0 saturated heterocycles. The van der Waals surface area contributed by atoms with E-state index in [0.29, 0.717) is 18.3 Å². The predicted molar refractivity (Wildman–Crippen MR) is 141 cm³/mol. The molecule has 0 radical (unpaired) electrons. The number of fused-ring (bicyclic) bond motifs is 1. The van der Waals surface area contributed by atoms with Crippen LogP contribution in [-0.4, -0.2) is 17.3 Å². The van der Waals surface area contributed by atoms with Crippen molar-refractivity contribution in [3.05, 3.63) is 78.4 Å². The smallest absolute Gasteiger partial charge is 0.412 e. The summed E-state index contributed by atoms with van der Waals surface area (Å²) in [4.78, 5) is 12.4. The van der Waals surface area contributed by atoms with E-state index in [4.69, 9.17) is 15.2 Å². The standard InChI is InChI=1S/C29H31N3O3/c1-3-34-24-16-17-25-26(18-24)32(23-10-7-11-23)28(27(25)30)21-12-14-22(15-13-21)31-29(33)35-19(2)20-8-5-4-6-9-20/h4-6,8-9,12-19,23H,3,7,10-11,30H2,1-2H3,(H,31,33). The third-order valence-corrected chi connectivity index (χ3v) is 6.72. The van der Waals surface area contributed by atoms with Crippen molar-refractivity contribution in [3.8, 4) is 17.0 Å². The van der Waals surface area contributed by atoms with Crippen LogP contribution in [-0.2, 0) is 4.74 Å². The zero-order valence-corrected chi connectivity index (χ0v) is 20.2. The zero-order valence-electron chi connectivity index (χ0n) is 20.2. The predicted octanol–water partition coefficient (Wildman–Crippen LogP) is 7.32. The van der Waals surface area contributed by atoms with Gasteiger partial charge in [-0.15, -0.1) is 0 Å². The molecular formula is C29H31N3O3. The number of hydrogen-bond acceptors (Lipinski definition) is 4. The molecule has 3 N–H and O–H groups in total. The number of nitrogens with one attached hydrogen (secondary N) is 1. The number of anilines is 2. The quantitative estimate of drug-likeness (QED) is 0.297. The molecule has 1 atom stereocenters. The van der Waals surface area contributed by atoms with E-state index in [9.17, 15) is 4.79 Å². The van der Waals surface area contributed by atoms with Crippen LogP contribution >= 0.6 is 0 Å². The van der Waals surface area contributed by atoms with Crippen molar-refractivity contribution in [2.45, 2.75) is 45.3 Å². The largest absolute Gasteiger partial charge is 0.494 e. The van der Waals surface area contributed by atoms with Gasteiger partial charge in [-0.3, -0.25) is 5.32 Å². The lowest BCUT2D eigenvalue weighted by Crippen LogP contribution is -2.18. The van der Waals surface area contributed by atoms with Crippen LogP contribution in [0.2, 0.25) is 0 Å². The molecule has 5 rings (SSSR count). The van der Waals surface area contributed by atoms with E-state index in [1.54, 1.807) is 0 Å². The molecule has 1 saturated carbocycles. The van der Waals surface area contributed by atoms with E-state index >= 15 is 0 Å². The molecule has 4 aromatic rings. The Morgan fingerprint density at radius 3 is 2.49 bits per heavy atom. The number of hydrogen-bond donors (Lipinski definition) is 2. The normalized spacial score (nSPS) is 14.3. The Hall–Kier alpha value is -3.93. The third kappa shape index (κ3) is 4.56. The van der Waals surface area contributed by atoms with Crippen molar-refractivity contribution < 1.29 is 14.3 Å². The highest BCUT2D eigenvalue weighted by Gasteiger charge is 2.27. The van der Waals surface area contributed by atoms with Crippen molar-refractivity contribution in [1.29, 1.82) is 0 Å². The minimum Gasteiger partial charge on any atom is -0.494 e. The van der Waals surface area contributed by atoms with Crippen LogP contribution < -0.4 is 15.8 Å². The second-order valence-corrected chi connectivity index (χ2v) is 8.99. The second kappa shape index (κ2) is 9.74. The summed E-state index contributed by atoms with van der Waals surface area (Å²) in [5.74, 6) is 0.854. The van der Waals surface area contributed by atoms with Crippen molar-refractivity contribution in [2.75, 3.05) is 17.7 Å². The molecule has 1 amide bonds. The maximum Gasteiger partial charge on any atom is 0.412 e. The van der Waals surface area contributed by atoms with Crippen molar-refractivity contribution in [1.82, 2.24) is 4.57 Å². The number of rotatable bonds is 7. The maximum atomic E-state index is 12.4. The molecule has 1 aliphatic rings. The van der Waals surface area contributed by atoms with Crippen LogP contribution in [0.25, 0.3) is 22.2 Å². The first-order chi connectivity index (χ1) is 17.0. The fraction of sp³-hybridized carbons (Fsp3) is 0.276. The molecule has 35 heavy (non-hydrogen) atoms. The Morgan fingerprint density at radius 2 is 1.83 bits per heavy atom. The van der Waals surface area contributed by atoms with Crippen LogP contribution in [0, 0.1) is 0 Å². The first-order valence-electron chi connectivity index (χ1n) is 12.2. The van der Waals surface area contributed by atoms with Gasteiger partial charge in [0, 0.05) is 28.7 Å². The van der Waals surface area contributed by atoms with E-state index in [-0.39, 0.29) is 6.10 Å². The lowest BCUT2D eigenvalue weighted by molar-refractivity contribution is 0.121. The van der Waals surface area contributed by atoms with Crippen LogP contribution in [0.5, 0.6) is 5.75 Å². The molecule has 6 heteroatoms. The topological polar surface area (TPSA) is 78.5 Å². The van der Waals surface area contributed by atoms with Crippen molar-refractivity contribution >= 4 is 28.4 Å². The van der Waals surface area contributed by atoms with Gasteiger partial charge in [0.25, 0.3) is 0 Å². The SMILES string of the molecule is CCOc1ccc2c(N)c(-c3ccc(NC(=O)OC(C)c4ccccc4)cc3)n(C3CCC3)c2c1. The number of nitrogens with two attached hydrogens (primary N) is 1. The molecule has 1 fully saturated rings. The summed E-state index contributed by atoms with van der Waals surface area (Å²) in [6, 6.07) is 24.0. The van der Waals surface area contributed by atoms with Crippen molar-refractivity contribution in [3.63, 3.8) is 0 Å². The van der Waals surface area contributed by atoms with E-state index in [1.807, 2.05) is 80.6 Å². The number of nitrogens with zero attached hydrogens (tertiary/aromatic N) is 1. The molecule has 6 nitrogen and oxygen atoms in total. The number of benzene rings is 3. The zero-order chi connectivity index (χ0) is 24.4. The molecule has 1 heterocycles. The van der Waals surface area contributed by atoms with Crippen LogP contribution in [0.3, 0.4) is 0 Å². The Bertz CT molecular complexity index is 1330. The lowest BCUT2D eigenvalue weighted by Gasteiger charge is -2.30. The van der Waals surface area contributed by atoms with Gasteiger partial charge in [0.2, 0.25) is 0 Å². The third-order valence-electron chi connectivity index (χ3n) is 6.72. The molecule has 0 spiro atoms. The number of aromatic nitrogens is 1. The Balaban J connectivity index is 1.39. The monoisotopic (exact) mass is 469 g/mol. The van der Waals surface area contributed by atoms with Crippen LogP contribution in [0.15, 0.2) is 72.8 Å².